The van der Waals surface area contributed by atoms with Crippen molar-refractivity contribution >= 4 is 27.4 Å². The lowest BCUT2D eigenvalue weighted by molar-refractivity contribution is 0.810. The second kappa shape index (κ2) is 6.06. The van der Waals surface area contributed by atoms with Crippen LogP contribution in [0.1, 0.15) is 18.2 Å². The third kappa shape index (κ3) is 3.47. The standard InChI is InChI=1S/C15H18BrN3/c1-3-19(10-12-4-6-13(17)7-5-12)15-9-8-14(16)11(2)18-15/h4-9H,3,10,17H2,1-2H3. The number of nitrogen functional groups attached to an aromatic ring is 1. The maximum atomic E-state index is 5.71. The van der Waals surface area contributed by atoms with E-state index in [1.165, 1.54) is 5.56 Å². The Labute approximate surface area is 122 Å². The summed E-state index contributed by atoms with van der Waals surface area (Å²) >= 11 is 3.48. The van der Waals surface area contributed by atoms with Gasteiger partial charge in [-0.15, -0.1) is 0 Å². The number of benzene rings is 1. The molecule has 0 unspecified atom stereocenters. The predicted molar refractivity (Wildman–Crippen MR) is 84.3 cm³/mol. The number of hydrogen-bond donors (Lipinski definition) is 1. The van der Waals surface area contributed by atoms with E-state index in [1.807, 2.05) is 31.2 Å². The highest BCUT2D eigenvalue weighted by Gasteiger charge is 2.08. The lowest BCUT2D eigenvalue weighted by Gasteiger charge is -2.22. The summed E-state index contributed by atoms with van der Waals surface area (Å²) in [5.74, 6) is 1.00. The second-order valence-corrected chi connectivity index (χ2v) is 5.35. The second-order valence-electron chi connectivity index (χ2n) is 4.49. The monoisotopic (exact) mass is 319 g/mol. The van der Waals surface area contributed by atoms with Gasteiger partial charge in [0.15, 0.2) is 0 Å². The van der Waals surface area contributed by atoms with Crippen molar-refractivity contribution in [1.82, 2.24) is 4.98 Å². The molecule has 100 valence electrons. The fourth-order valence-corrected chi connectivity index (χ4v) is 2.13. The summed E-state index contributed by atoms with van der Waals surface area (Å²) in [5, 5.41) is 0. The van der Waals surface area contributed by atoms with E-state index in [2.05, 4.69) is 44.9 Å². The van der Waals surface area contributed by atoms with Gasteiger partial charge in [0.1, 0.15) is 5.82 Å². The molecule has 0 aliphatic rings. The van der Waals surface area contributed by atoms with Crippen molar-refractivity contribution in [3.05, 3.63) is 52.1 Å². The van der Waals surface area contributed by atoms with E-state index in [4.69, 9.17) is 5.73 Å². The molecular formula is C15H18BrN3. The van der Waals surface area contributed by atoms with Gasteiger partial charge in [-0.05, 0) is 59.6 Å². The lowest BCUT2D eigenvalue weighted by Crippen LogP contribution is -2.23. The van der Waals surface area contributed by atoms with E-state index in [9.17, 15) is 0 Å². The largest absolute Gasteiger partial charge is 0.399 e. The number of pyridine rings is 1. The summed E-state index contributed by atoms with van der Waals surface area (Å²) in [6.45, 7) is 5.89. The summed E-state index contributed by atoms with van der Waals surface area (Å²) in [7, 11) is 0. The van der Waals surface area contributed by atoms with Crippen LogP contribution >= 0.6 is 15.9 Å². The number of aryl methyl sites for hydroxylation is 1. The zero-order valence-electron chi connectivity index (χ0n) is 11.2. The normalized spacial score (nSPS) is 10.5. The van der Waals surface area contributed by atoms with Crippen LogP contribution in [-0.4, -0.2) is 11.5 Å². The maximum absolute atomic E-state index is 5.71. The number of nitrogens with two attached hydrogens (primary N) is 1. The summed E-state index contributed by atoms with van der Waals surface area (Å²) in [6.07, 6.45) is 0. The fourth-order valence-electron chi connectivity index (χ4n) is 1.91. The molecule has 0 aliphatic carbocycles. The minimum Gasteiger partial charge on any atom is -0.399 e. The van der Waals surface area contributed by atoms with Crippen LogP contribution in [0.2, 0.25) is 0 Å². The van der Waals surface area contributed by atoms with Crippen LogP contribution in [0.5, 0.6) is 0 Å². The first-order chi connectivity index (χ1) is 9.10. The molecule has 0 atom stereocenters. The molecule has 0 amide bonds. The van der Waals surface area contributed by atoms with Crippen LogP contribution in [0.15, 0.2) is 40.9 Å². The van der Waals surface area contributed by atoms with Gasteiger partial charge in [-0.1, -0.05) is 12.1 Å². The summed E-state index contributed by atoms with van der Waals surface area (Å²) in [6, 6.07) is 12.1. The zero-order valence-corrected chi connectivity index (χ0v) is 12.8. The molecule has 2 aromatic rings. The average Bonchev–Trinajstić information content (AvgIpc) is 2.41. The van der Waals surface area contributed by atoms with E-state index in [0.717, 1.165) is 34.8 Å². The van der Waals surface area contributed by atoms with Crippen LogP contribution in [-0.2, 0) is 6.54 Å². The van der Waals surface area contributed by atoms with Crippen molar-refractivity contribution in [1.29, 1.82) is 0 Å². The molecular weight excluding hydrogens is 302 g/mol. The molecule has 0 bridgehead atoms. The Bertz CT molecular complexity index is 552. The van der Waals surface area contributed by atoms with Gasteiger partial charge in [-0.3, -0.25) is 0 Å². The first-order valence-electron chi connectivity index (χ1n) is 6.32. The molecule has 1 aromatic heterocycles. The third-order valence-corrected chi connectivity index (χ3v) is 3.90. The molecule has 4 heteroatoms. The average molecular weight is 320 g/mol. The van der Waals surface area contributed by atoms with Crippen LogP contribution in [0, 0.1) is 6.92 Å². The Hall–Kier alpha value is -1.55. The van der Waals surface area contributed by atoms with Crippen LogP contribution in [0.4, 0.5) is 11.5 Å². The third-order valence-electron chi connectivity index (χ3n) is 3.07. The molecule has 1 aromatic carbocycles. The smallest absolute Gasteiger partial charge is 0.129 e. The maximum Gasteiger partial charge on any atom is 0.129 e. The zero-order chi connectivity index (χ0) is 13.8. The SMILES string of the molecule is CCN(Cc1ccc(N)cc1)c1ccc(Br)c(C)n1. The molecule has 0 saturated heterocycles. The first kappa shape index (κ1) is 13.9. The van der Waals surface area contributed by atoms with Crippen LogP contribution in [0.3, 0.4) is 0 Å². The summed E-state index contributed by atoms with van der Waals surface area (Å²) in [5.41, 5.74) is 8.74. The van der Waals surface area contributed by atoms with E-state index in [0.29, 0.717) is 0 Å². The van der Waals surface area contributed by atoms with E-state index < -0.39 is 0 Å². The quantitative estimate of drug-likeness (QED) is 0.872. The molecule has 0 aliphatic heterocycles. The number of anilines is 2. The highest BCUT2D eigenvalue weighted by Crippen LogP contribution is 2.20. The van der Waals surface area contributed by atoms with Crippen LogP contribution < -0.4 is 10.6 Å². The van der Waals surface area contributed by atoms with Gasteiger partial charge in [0.25, 0.3) is 0 Å². The molecule has 2 N–H and O–H groups in total. The Morgan fingerprint density at radius 2 is 1.84 bits per heavy atom. The van der Waals surface area contributed by atoms with Gasteiger partial charge in [0, 0.05) is 23.2 Å². The van der Waals surface area contributed by atoms with Gasteiger partial charge in [0.05, 0.1) is 5.69 Å². The number of hydrogen-bond acceptors (Lipinski definition) is 3. The van der Waals surface area contributed by atoms with Crippen molar-refractivity contribution in [3.63, 3.8) is 0 Å². The number of rotatable bonds is 4. The van der Waals surface area contributed by atoms with Crippen molar-refractivity contribution < 1.29 is 0 Å². The van der Waals surface area contributed by atoms with Gasteiger partial charge < -0.3 is 10.6 Å². The Balaban J connectivity index is 2.19. The Kier molecular flexibility index (Phi) is 4.43. The molecule has 2 rings (SSSR count). The first-order valence-corrected chi connectivity index (χ1v) is 7.12. The molecule has 3 nitrogen and oxygen atoms in total. The molecule has 0 spiro atoms. The highest BCUT2D eigenvalue weighted by atomic mass is 79.9. The Morgan fingerprint density at radius 1 is 1.16 bits per heavy atom. The number of halogens is 1. The van der Waals surface area contributed by atoms with Crippen molar-refractivity contribution in [2.24, 2.45) is 0 Å². The lowest BCUT2D eigenvalue weighted by atomic mass is 10.2. The van der Waals surface area contributed by atoms with Gasteiger partial charge in [-0.25, -0.2) is 4.98 Å². The van der Waals surface area contributed by atoms with Crippen molar-refractivity contribution in [3.8, 4) is 0 Å². The van der Waals surface area contributed by atoms with Crippen molar-refractivity contribution in [2.45, 2.75) is 20.4 Å². The van der Waals surface area contributed by atoms with Gasteiger partial charge in [0.2, 0.25) is 0 Å². The van der Waals surface area contributed by atoms with E-state index in [-0.39, 0.29) is 0 Å². The minimum absolute atomic E-state index is 0.796. The highest BCUT2D eigenvalue weighted by molar-refractivity contribution is 9.10. The Morgan fingerprint density at radius 3 is 2.42 bits per heavy atom. The molecule has 19 heavy (non-hydrogen) atoms. The molecule has 1 heterocycles. The predicted octanol–water partition coefficient (Wildman–Crippen LogP) is 3.76. The summed E-state index contributed by atoms with van der Waals surface area (Å²) in [4.78, 5) is 6.85. The molecule has 0 saturated carbocycles. The van der Waals surface area contributed by atoms with Gasteiger partial charge in [-0.2, -0.15) is 0 Å². The van der Waals surface area contributed by atoms with Crippen molar-refractivity contribution in [2.75, 3.05) is 17.2 Å². The van der Waals surface area contributed by atoms with E-state index in [1.54, 1.807) is 0 Å². The van der Waals surface area contributed by atoms with Crippen LogP contribution in [0.25, 0.3) is 0 Å². The topological polar surface area (TPSA) is 42.1 Å². The van der Waals surface area contributed by atoms with E-state index >= 15 is 0 Å². The number of aromatic nitrogens is 1. The molecule has 0 radical (unpaired) electrons. The van der Waals surface area contributed by atoms with Gasteiger partial charge >= 0.3 is 0 Å². The summed E-state index contributed by atoms with van der Waals surface area (Å²) < 4.78 is 1.04. The minimum atomic E-state index is 0.796. The fraction of sp³-hybridized carbons (Fsp3) is 0.267. The molecule has 0 fully saturated rings. The number of nitrogens with zero attached hydrogens (tertiary/aromatic N) is 2.